The van der Waals surface area contributed by atoms with Crippen LogP contribution in [0.2, 0.25) is 0 Å². The first-order valence-electron chi connectivity index (χ1n) is 9.09. The molecule has 0 spiro atoms. The lowest BCUT2D eigenvalue weighted by Crippen LogP contribution is -2.33. The number of carbonyl (C=O) groups is 1. The standard InChI is InChI=1S/C21H20N2O5/c1-13-9-16(11-19(24)22(13)2)27-15-7-8-23(12-15)20(25)17-10-14-5-3-4-6-18(14)28-21(17)26/h3-6,9-11,15H,7-8,12H2,1-2H3. The third kappa shape index (κ3) is 3.31. The number of carbonyl (C=O) groups excluding carboxylic acids is 1. The van der Waals surface area contributed by atoms with Crippen LogP contribution in [0.25, 0.3) is 11.0 Å². The Bertz CT molecular complexity index is 1180. The summed E-state index contributed by atoms with van der Waals surface area (Å²) in [5.41, 5.74) is 0.476. The second-order valence-electron chi connectivity index (χ2n) is 6.99. The quantitative estimate of drug-likeness (QED) is 0.650. The SMILES string of the molecule is Cc1cc(OC2CCN(C(=O)c3cc4ccccc4oc3=O)C2)cc(=O)n1C. The molecule has 0 bridgehead atoms. The molecule has 4 rings (SSSR count). The molecule has 1 aliphatic rings. The zero-order valence-electron chi connectivity index (χ0n) is 15.7. The lowest BCUT2D eigenvalue weighted by atomic mass is 10.1. The molecule has 1 fully saturated rings. The van der Waals surface area contributed by atoms with E-state index in [0.29, 0.717) is 36.2 Å². The van der Waals surface area contributed by atoms with Gasteiger partial charge in [0.05, 0.1) is 6.54 Å². The molecule has 7 nitrogen and oxygen atoms in total. The van der Waals surface area contributed by atoms with E-state index in [1.165, 1.54) is 10.6 Å². The van der Waals surface area contributed by atoms with Crippen LogP contribution in [-0.2, 0) is 7.05 Å². The summed E-state index contributed by atoms with van der Waals surface area (Å²) in [4.78, 5) is 38.5. The van der Waals surface area contributed by atoms with Gasteiger partial charge in [-0.2, -0.15) is 0 Å². The zero-order chi connectivity index (χ0) is 19.8. The minimum atomic E-state index is -0.643. The number of pyridine rings is 1. The minimum absolute atomic E-state index is 0.0174. The van der Waals surface area contributed by atoms with Gasteiger partial charge in [-0.25, -0.2) is 4.79 Å². The molecule has 28 heavy (non-hydrogen) atoms. The Labute approximate surface area is 160 Å². The lowest BCUT2D eigenvalue weighted by molar-refractivity contribution is 0.0768. The van der Waals surface area contributed by atoms with Gasteiger partial charge in [-0.3, -0.25) is 9.59 Å². The van der Waals surface area contributed by atoms with Crippen LogP contribution in [0.5, 0.6) is 5.75 Å². The first kappa shape index (κ1) is 18.0. The van der Waals surface area contributed by atoms with Gasteiger partial charge in [-0.05, 0) is 25.1 Å². The summed E-state index contributed by atoms with van der Waals surface area (Å²) in [5, 5.41) is 0.702. The fourth-order valence-corrected chi connectivity index (χ4v) is 3.39. The van der Waals surface area contributed by atoms with Crippen molar-refractivity contribution in [1.82, 2.24) is 9.47 Å². The van der Waals surface area contributed by atoms with Crippen molar-refractivity contribution in [3.63, 3.8) is 0 Å². The Morgan fingerprint density at radius 3 is 2.75 bits per heavy atom. The number of rotatable bonds is 3. The second-order valence-corrected chi connectivity index (χ2v) is 6.99. The van der Waals surface area contributed by atoms with Crippen LogP contribution in [0.3, 0.4) is 0 Å². The molecule has 3 heterocycles. The molecule has 144 valence electrons. The van der Waals surface area contributed by atoms with Gasteiger partial charge in [-0.1, -0.05) is 18.2 Å². The summed E-state index contributed by atoms with van der Waals surface area (Å²) < 4.78 is 12.7. The topological polar surface area (TPSA) is 81.8 Å². The van der Waals surface area contributed by atoms with Gasteiger partial charge >= 0.3 is 5.63 Å². The van der Waals surface area contributed by atoms with Crippen molar-refractivity contribution in [1.29, 1.82) is 0 Å². The van der Waals surface area contributed by atoms with E-state index in [4.69, 9.17) is 9.15 Å². The van der Waals surface area contributed by atoms with Crippen LogP contribution >= 0.6 is 0 Å². The summed E-state index contributed by atoms with van der Waals surface area (Å²) in [6.07, 6.45) is 0.391. The molecule has 1 aromatic carbocycles. The van der Waals surface area contributed by atoms with Crippen LogP contribution in [-0.4, -0.2) is 34.6 Å². The molecule has 3 aromatic rings. The first-order chi connectivity index (χ1) is 13.4. The molecule has 1 aliphatic heterocycles. The summed E-state index contributed by atoms with van der Waals surface area (Å²) in [7, 11) is 1.70. The molecule has 1 saturated heterocycles. The zero-order valence-corrected chi connectivity index (χ0v) is 15.7. The highest BCUT2D eigenvalue weighted by atomic mass is 16.5. The molecule has 0 saturated carbocycles. The van der Waals surface area contributed by atoms with E-state index in [-0.39, 0.29) is 23.1 Å². The number of amides is 1. The van der Waals surface area contributed by atoms with Crippen molar-refractivity contribution in [3.8, 4) is 5.75 Å². The molecular formula is C21H20N2O5. The molecule has 0 radical (unpaired) electrons. The van der Waals surface area contributed by atoms with Crippen molar-refractivity contribution in [2.45, 2.75) is 19.4 Å². The molecule has 1 amide bonds. The number of hydrogen-bond donors (Lipinski definition) is 0. The fourth-order valence-electron chi connectivity index (χ4n) is 3.39. The average Bonchev–Trinajstić information content (AvgIpc) is 3.13. The van der Waals surface area contributed by atoms with E-state index in [1.54, 1.807) is 42.3 Å². The highest BCUT2D eigenvalue weighted by molar-refractivity contribution is 5.96. The van der Waals surface area contributed by atoms with E-state index in [0.717, 1.165) is 5.69 Å². The van der Waals surface area contributed by atoms with Gasteiger partial charge in [0.2, 0.25) is 0 Å². The van der Waals surface area contributed by atoms with Crippen molar-refractivity contribution < 1.29 is 13.9 Å². The van der Waals surface area contributed by atoms with Gasteiger partial charge in [0.1, 0.15) is 23.0 Å². The van der Waals surface area contributed by atoms with E-state index >= 15 is 0 Å². The fraction of sp³-hybridized carbons (Fsp3) is 0.286. The van der Waals surface area contributed by atoms with Crippen molar-refractivity contribution in [3.05, 3.63) is 74.5 Å². The maximum atomic E-state index is 12.8. The highest BCUT2D eigenvalue weighted by Gasteiger charge is 2.30. The third-order valence-corrected chi connectivity index (χ3v) is 5.08. The molecule has 7 heteroatoms. The number of nitrogens with zero attached hydrogens (tertiary/aromatic N) is 2. The van der Waals surface area contributed by atoms with Crippen LogP contribution < -0.4 is 15.9 Å². The summed E-state index contributed by atoms with van der Waals surface area (Å²) in [6, 6.07) is 11.9. The molecular weight excluding hydrogens is 360 g/mol. The predicted molar refractivity (Wildman–Crippen MR) is 104 cm³/mol. The highest BCUT2D eigenvalue weighted by Crippen LogP contribution is 2.20. The van der Waals surface area contributed by atoms with Crippen LogP contribution in [0.4, 0.5) is 0 Å². The van der Waals surface area contributed by atoms with Crippen LogP contribution in [0.15, 0.2) is 56.5 Å². The Hall–Kier alpha value is -3.35. The van der Waals surface area contributed by atoms with E-state index in [9.17, 15) is 14.4 Å². The monoisotopic (exact) mass is 380 g/mol. The van der Waals surface area contributed by atoms with Gasteiger partial charge in [0, 0.05) is 37.2 Å². The van der Waals surface area contributed by atoms with Crippen molar-refractivity contribution in [2.75, 3.05) is 13.1 Å². The predicted octanol–water partition coefficient (Wildman–Crippen LogP) is 2.09. The van der Waals surface area contributed by atoms with Crippen molar-refractivity contribution in [2.24, 2.45) is 7.05 Å². The van der Waals surface area contributed by atoms with Gasteiger partial charge in [-0.15, -0.1) is 0 Å². The van der Waals surface area contributed by atoms with Gasteiger partial charge < -0.3 is 18.6 Å². The second kappa shape index (κ2) is 6.99. The number of aryl methyl sites for hydroxylation is 1. The van der Waals surface area contributed by atoms with E-state index < -0.39 is 5.63 Å². The smallest absolute Gasteiger partial charge is 0.349 e. The number of benzene rings is 1. The number of fused-ring (bicyclic) bond motifs is 1. The number of ether oxygens (including phenoxy) is 1. The summed E-state index contributed by atoms with van der Waals surface area (Å²) in [6.45, 7) is 2.65. The average molecular weight is 380 g/mol. The molecule has 0 N–H and O–H groups in total. The molecule has 1 unspecified atom stereocenters. The first-order valence-corrected chi connectivity index (χ1v) is 9.09. The number of likely N-dealkylation sites (tertiary alicyclic amines) is 1. The number of hydrogen-bond acceptors (Lipinski definition) is 5. The molecule has 0 aliphatic carbocycles. The van der Waals surface area contributed by atoms with Crippen molar-refractivity contribution >= 4 is 16.9 Å². The molecule has 1 atom stereocenters. The summed E-state index contributed by atoms with van der Waals surface area (Å²) in [5.74, 6) is 0.121. The number of aromatic nitrogens is 1. The van der Waals surface area contributed by atoms with E-state index in [1.807, 2.05) is 13.0 Å². The number of para-hydroxylation sites is 1. The maximum absolute atomic E-state index is 12.8. The summed E-state index contributed by atoms with van der Waals surface area (Å²) >= 11 is 0. The van der Waals surface area contributed by atoms with Crippen LogP contribution in [0, 0.1) is 6.92 Å². The third-order valence-electron chi connectivity index (χ3n) is 5.08. The normalized spacial score (nSPS) is 16.5. The lowest BCUT2D eigenvalue weighted by Gasteiger charge is -2.17. The maximum Gasteiger partial charge on any atom is 0.349 e. The Morgan fingerprint density at radius 1 is 1.18 bits per heavy atom. The van der Waals surface area contributed by atoms with Gasteiger partial charge in [0.15, 0.2) is 0 Å². The Kier molecular flexibility index (Phi) is 4.50. The van der Waals surface area contributed by atoms with Gasteiger partial charge in [0.25, 0.3) is 11.5 Å². The Balaban J connectivity index is 1.51. The van der Waals surface area contributed by atoms with E-state index in [2.05, 4.69) is 0 Å². The largest absolute Gasteiger partial charge is 0.488 e. The van der Waals surface area contributed by atoms with Crippen LogP contribution in [0.1, 0.15) is 22.5 Å². The molecule has 2 aromatic heterocycles. The Morgan fingerprint density at radius 2 is 1.96 bits per heavy atom. The minimum Gasteiger partial charge on any atom is -0.488 e.